The van der Waals surface area contributed by atoms with Gasteiger partial charge in [-0.15, -0.1) is 0 Å². The molecule has 2 aliphatic rings. The predicted octanol–water partition coefficient (Wildman–Crippen LogP) is 2.40. The number of carbonyl (C=O) groups is 2. The van der Waals surface area contributed by atoms with Crippen LogP contribution < -0.4 is 10.1 Å². The number of carbonyl (C=O) groups excluding carboxylic acids is 2. The molecule has 2 amide bonds. The van der Waals surface area contributed by atoms with E-state index in [2.05, 4.69) is 12.2 Å². The number of rotatable bonds is 5. The predicted molar refractivity (Wildman–Crippen MR) is 80.9 cm³/mol. The number of nitrogens with zero attached hydrogens (tertiary/aromatic N) is 1. The molecular weight excluding hydrogens is 284 g/mol. The molecule has 0 radical (unpaired) electrons. The number of ether oxygens (including phenoxy) is 2. The van der Waals surface area contributed by atoms with Crippen molar-refractivity contribution in [3.05, 3.63) is 24.3 Å². The number of likely N-dealkylation sites (tertiary alicyclic amines) is 1. The minimum Gasteiger partial charge on any atom is -0.494 e. The third-order valence-electron chi connectivity index (χ3n) is 3.95. The van der Waals surface area contributed by atoms with Gasteiger partial charge in [0.15, 0.2) is 0 Å². The van der Waals surface area contributed by atoms with Crippen molar-refractivity contribution in [2.45, 2.75) is 38.3 Å². The van der Waals surface area contributed by atoms with Crippen LogP contribution in [0.25, 0.3) is 0 Å². The van der Waals surface area contributed by atoms with Crippen LogP contribution in [0.5, 0.6) is 5.75 Å². The SMILES string of the molecule is CCCCOc1ccc(NC(=O)N2CC3CC2C(=O)O3)cc1. The second kappa shape index (κ2) is 6.25. The third-order valence-corrected chi connectivity index (χ3v) is 3.95. The number of hydrogen-bond donors (Lipinski definition) is 1. The Bertz CT molecular complexity index is 558. The Morgan fingerprint density at radius 3 is 2.82 bits per heavy atom. The number of esters is 1. The van der Waals surface area contributed by atoms with E-state index in [1.807, 2.05) is 12.1 Å². The van der Waals surface area contributed by atoms with Crippen molar-refractivity contribution >= 4 is 17.7 Å². The Kier molecular flexibility index (Phi) is 4.18. The first-order valence-corrected chi connectivity index (χ1v) is 7.68. The van der Waals surface area contributed by atoms with Crippen LogP contribution in [-0.2, 0) is 9.53 Å². The minimum atomic E-state index is -0.429. The molecule has 1 aromatic carbocycles. The van der Waals surface area contributed by atoms with E-state index < -0.39 is 6.04 Å². The van der Waals surface area contributed by atoms with E-state index in [-0.39, 0.29) is 18.1 Å². The quantitative estimate of drug-likeness (QED) is 0.670. The first-order chi connectivity index (χ1) is 10.7. The molecule has 0 spiro atoms. The molecule has 2 bridgehead atoms. The maximum absolute atomic E-state index is 12.2. The maximum Gasteiger partial charge on any atom is 0.329 e. The molecule has 22 heavy (non-hydrogen) atoms. The van der Waals surface area contributed by atoms with Crippen molar-refractivity contribution in [3.8, 4) is 5.75 Å². The average Bonchev–Trinajstić information content (AvgIpc) is 3.08. The van der Waals surface area contributed by atoms with Gasteiger partial charge in [-0.2, -0.15) is 0 Å². The van der Waals surface area contributed by atoms with Crippen molar-refractivity contribution in [2.75, 3.05) is 18.5 Å². The number of anilines is 1. The fraction of sp³-hybridized carbons (Fsp3) is 0.500. The van der Waals surface area contributed by atoms with E-state index in [1.54, 1.807) is 17.0 Å². The summed E-state index contributed by atoms with van der Waals surface area (Å²) in [7, 11) is 0. The van der Waals surface area contributed by atoms with E-state index in [0.717, 1.165) is 18.6 Å². The van der Waals surface area contributed by atoms with E-state index in [1.165, 1.54) is 0 Å². The Labute approximate surface area is 129 Å². The molecule has 1 N–H and O–H groups in total. The summed E-state index contributed by atoms with van der Waals surface area (Å²) in [6, 6.07) is 6.56. The van der Waals surface area contributed by atoms with Crippen molar-refractivity contribution in [2.24, 2.45) is 0 Å². The Balaban J connectivity index is 1.54. The summed E-state index contributed by atoms with van der Waals surface area (Å²) >= 11 is 0. The molecule has 0 aliphatic carbocycles. The second-order valence-corrected chi connectivity index (χ2v) is 5.62. The molecule has 0 saturated carbocycles. The highest BCUT2D eigenvalue weighted by Gasteiger charge is 2.48. The third kappa shape index (κ3) is 3.00. The molecule has 6 nitrogen and oxygen atoms in total. The zero-order chi connectivity index (χ0) is 15.5. The monoisotopic (exact) mass is 304 g/mol. The van der Waals surface area contributed by atoms with Crippen LogP contribution in [0, 0.1) is 0 Å². The van der Waals surface area contributed by atoms with Gasteiger partial charge in [-0.25, -0.2) is 9.59 Å². The van der Waals surface area contributed by atoms with Crippen LogP contribution in [0.4, 0.5) is 10.5 Å². The van der Waals surface area contributed by atoms with Crippen LogP contribution in [0.15, 0.2) is 24.3 Å². The minimum absolute atomic E-state index is 0.141. The van der Waals surface area contributed by atoms with Crippen LogP contribution >= 0.6 is 0 Å². The summed E-state index contributed by atoms with van der Waals surface area (Å²) in [6.45, 7) is 3.28. The number of hydrogen-bond acceptors (Lipinski definition) is 4. The molecule has 1 aromatic rings. The lowest BCUT2D eigenvalue weighted by Gasteiger charge is -2.25. The highest BCUT2D eigenvalue weighted by atomic mass is 16.6. The van der Waals surface area contributed by atoms with Gasteiger partial charge in [0.05, 0.1) is 13.2 Å². The average molecular weight is 304 g/mol. The van der Waals surface area contributed by atoms with Crippen molar-refractivity contribution in [3.63, 3.8) is 0 Å². The number of unbranched alkanes of at least 4 members (excludes halogenated alkanes) is 1. The number of fused-ring (bicyclic) bond motifs is 2. The molecule has 2 saturated heterocycles. The maximum atomic E-state index is 12.2. The van der Waals surface area contributed by atoms with Crippen LogP contribution in [-0.4, -0.2) is 42.2 Å². The normalized spacial score (nSPS) is 22.6. The van der Waals surface area contributed by atoms with Gasteiger partial charge in [0.25, 0.3) is 0 Å². The topological polar surface area (TPSA) is 67.9 Å². The highest BCUT2D eigenvalue weighted by Crippen LogP contribution is 2.29. The summed E-state index contributed by atoms with van der Waals surface area (Å²) in [6.07, 6.45) is 2.58. The van der Waals surface area contributed by atoms with Crippen LogP contribution in [0.1, 0.15) is 26.2 Å². The molecule has 6 heteroatoms. The number of nitrogens with one attached hydrogen (secondary N) is 1. The number of amides is 2. The largest absolute Gasteiger partial charge is 0.494 e. The smallest absolute Gasteiger partial charge is 0.329 e. The number of morpholine rings is 1. The molecule has 2 unspecified atom stereocenters. The zero-order valence-corrected chi connectivity index (χ0v) is 12.6. The summed E-state index contributed by atoms with van der Waals surface area (Å²) in [4.78, 5) is 25.3. The van der Waals surface area contributed by atoms with Gasteiger partial charge in [-0.3, -0.25) is 0 Å². The van der Waals surface area contributed by atoms with Gasteiger partial charge < -0.3 is 19.7 Å². The summed E-state index contributed by atoms with van der Waals surface area (Å²) in [5.41, 5.74) is 0.684. The molecule has 118 valence electrons. The molecular formula is C16H20N2O4. The molecule has 2 aliphatic heterocycles. The lowest BCUT2D eigenvalue weighted by molar-refractivity contribution is -0.149. The fourth-order valence-electron chi connectivity index (χ4n) is 2.74. The van der Waals surface area contributed by atoms with Gasteiger partial charge in [0, 0.05) is 12.1 Å². The van der Waals surface area contributed by atoms with Gasteiger partial charge in [0.1, 0.15) is 17.9 Å². The first kappa shape index (κ1) is 14.7. The molecule has 3 rings (SSSR count). The van der Waals surface area contributed by atoms with E-state index >= 15 is 0 Å². The summed E-state index contributed by atoms with van der Waals surface area (Å²) in [5, 5.41) is 2.81. The van der Waals surface area contributed by atoms with E-state index in [0.29, 0.717) is 25.3 Å². The summed E-state index contributed by atoms with van der Waals surface area (Å²) in [5.74, 6) is 0.487. The standard InChI is InChI=1S/C16H20N2O4/c1-2-3-8-21-12-6-4-11(5-7-12)17-16(20)18-10-13-9-14(18)15(19)22-13/h4-7,13-14H,2-3,8-10H2,1H3,(H,17,20). The lowest BCUT2D eigenvalue weighted by atomic mass is 10.2. The highest BCUT2D eigenvalue weighted by molar-refractivity contribution is 5.94. The van der Waals surface area contributed by atoms with E-state index in [4.69, 9.17) is 9.47 Å². The van der Waals surface area contributed by atoms with Gasteiger partial charge in [0.2, 0.25) is 0 Å². The zero-order valence-electron chi connectivity index (χ0n) is 12.6. The van der Waals surface area contributed by atoms with Crippen molar-refractivity contribution < 1.29 is 19.1 Å². The Morgan fingerprint density at radius 1 is 1.41 bits per heavy atom. The number of benzene rings is 1. The first-order valence-electron chi connectivity index (χ1n) is 7.68. The Morgan fingerprint density at radius 2 is 2.18 bits per heavy atom. The molecule has 2 fully saturated rings. The van der Waals surface area contributed by atoms with Gasteiger partial charge >= 0.3 is 12.0 Å². The van der Waals surface area contributed by atoms with Crippen molar-refractivity contribution in [1.29, 1.82) is 0 Å². The fourth-order valence-corrected chi connectivity index (χ4v) is 2.74. The molecule has 0 aromatic heterocycles. The van der Waals surface area contributed by atoms with Gasteiger partial charge in [-0.05, 0) is 30.7 Å². The lowest BCUT2D eigenvalue weighted by Crippen LogP contribution is -2.46. The molecule has 2 atom stereocenters. The van der Waals surface area contributed by atoms with Crippen LogP contribution in [0.3, 0.4) is 0 Å². The summed E-state index contributed by atoms with van der Waals surface area (Å²) < 4.78 is 10.7. The molecule has 2 heterocycles. The van der Waals surface area contributed by atoms with E-state index in [9.17, 15) is 9.59 Å². The van der Waals surface area contributed by atoms with Crippen LogP contribution in [0.2, 0.25) is 0 Å². The van der Waals surface area contributed by atoms with Crippen molar-refractivity contribution in [1.82, 2.24) is 4.90 Å². The Hall–Kier alpha value is -2.24. The van der Waals surface area contributed by atoms with Gasteiger partial charge in [-0.1, -0.05) is 13.3 Å². The second-order valence-electron chi connectivity index (χ2n) is 5.62. The number of urea groups is 1.